The number of hydrogen-bond donors (Lipinski definition) is 2. The number of benzene rings is 1. The van der Waals surface area contributed by atoms with Crippen LogP contribution in [0, 0.1) is 11.8 Å². The molecular weight excluding hydrogens is 421 g/mol. The first kappa shape index (κ1) is 23.1. The van der Waals surface area contributed by atoms with Gasteiger partial charge in [-0.2, -0.15) is 5.10 Å². The zero-order valence-electron chi connectivity index (χ0n) is 17.1. The molecule has 0 spiro atoms. The molecule has 0 aliphatic carbocycles. The lowest BCUT2D eigenvalue weighted by molar-refractivity contribution is -0.0371. The van der Waals surface area contributed by atoms with E-state index >= 15 is 0 Å². The van der Waals surface area contributed by atoms with E-state index in [-0.39, 0.29) is 30.7 Å². The van der Waals surface area contributed by atoms with Gasteiger partial charge in [0.05, 0.1) is 5.69 Å². The third-order valence-corrected chi connectivity index (χ3v) is 6.87. The summed E-state index contributed by atoms with van der Waals surface area (Å²) in [5, 5.41) is 11.1. The summed E-state index contributed by atoms with van der Waals surface area (Å²) in [6.07, 6.45) is 8.90. The molecule has 3 aliphatic heterocycles. The molecule has 3 aliphatic rings. The van der Waals surface area contributed by atoms with Gasteiger partial charge in [-0.1, -0.05) is 12.5 Å². The number of rotatable bonds is 4. The van der Waals surface area contributed by atoms with Gasteiger partial charge in [-0.15, -0.1) is 24.8 Å². The van der Waals surface area contributed by atoms with Gasteiger partial charge in [-0.05, 0) is 75.0 Å². The van der Waals surface area contributed by atoms with Gasteiger partial charge in [0.15, 0.2) is 0 Å². The maximum Gasteiger partial charge on any atom is 0.251 e. The second-order valence-corrected chi connectivity index (χ2v) is 8.49. The predicted molar refractivity (Wildman–Crippen MR) is 123 cm³/mol. The number of halogens is 2. The summed E-state index contributed by atoms with van der Waals surface area (Å²) in [5.74, 6) is 1.44. The number of carbonyl (C=O) groups excluding carboxylic acids is 1. The minimum Gasteiger partial charge on any atom is -0.350 e. The van der Waals surface area contributed by atoms with Gasteiger partial charge < -0.3 is 10.6 Å². The topological polar surface area (TPSA) is 62.2 Å². The van der Waals surface area contributed by atoms with Crippen molar-refractivity contribution in [2.75, 3.05) is 26.2 Å². The molecule has 5 rings (SSSR count). The molecule has 1 aromatic carbocycles. The highest BCUT2D eigenvalue weighted by molar-refractivity contribution is 5.94. The highest BCUT2D eigenvalue weighted by atomic mass is 35.5. The number of piperidine rings is 3. The van der Waals surface area contributed by atoms with E-state index in [9.17, 15) is 4.79 Å². The summed E-state index contributed by atoms with van der Waals surface area (Å²) in [7, 11) is 0. The Bertz CT molecular complexity index is 831. The van der Waals surface area contributed by atoms with Gasteiger partial charge in [0.2, 0.25) is 0 Å². The number of nitrogens with zero attached hydrogens (tertiary/aromatic N) is 3. The van der Waals surface area contributed by atoms with Crippen LogP contribution in [0.15, 0.2) is 42.7 Å². The number of aromatic nitrogens is 2. The van der Waals surface area contributed by atoms with Crippen molar-refractivity contribution in [1.82, 2.24) is 25.3 Å². The molecule has 1 amide bonds. The van der Waals surface area contributed by atoms with Gasteiger partial charge in [0.25, 0.3) is 5.91 Å². The average molecular weight is 452 g/mol. The molecule has 164 valence electrons. The van der Waals surface area contributed by atoms with Gasteiger partial charge >= 0.3 is 0 Å². The molecule has 2 aromatic rings. The summed E-state index contributed by atoms with van der Waals surface area (Å²) in [6, 6.07) is 10.7. The van der Waals surface area contributed by atoms with Crippen molar-refractivity contribution >= 4 is 30.7 Å². The molecule has 4 heterocycles. The van der Waals surface area contributed by atoms with Crippen LogP contribution in [0.25, 0.3) is 5.69 Å². The Morgan fingerprint density at radius 2 is 2.03 bits per heavy atom. The Morgan fingerprint density at radius 3 is 2.87 bits per heavy atom. The summed E-state index contributed by atoms with van der Waals surface area (Å²) >= 11 is 0. The lowest BCUT2D eigenvalue weighted by Gasteiger charge is -2.55. The molecule has 0 unspecified atom stereocenters. The standard InChI is InChI=1S/C22H29N5O.2ClH/c28-22(16-5-3-6-19(12-16)27-10-4-8-25-27)24-15-21-18-11-17(13-23-14-18)20-7-1-2-9-26(20)21;;/h3-6,8,10,12,17-18,20-21,23H,1-2,7,9,11,13-15H2,(H,24,28);2*1H/t17-,18+,20+,21+;;/m1../s1. The van der Waals surface area contributed by atoms with E-state index in [2.05, 4.69) is 20.6 Å². The van der Waals surface area contributed by atoms with E-state index in [1.165, 1.54) is 32.2 Å². The summed E-state index contributed by atoms with van der Waals surface area (Å²) in [6.45, 7) is 4.17. The van der Waals surface area contributed by atoms with Crippen molar-refractivity contribution in [3.8, 4) is 5.69 Å². The zero-order chi connectivity index (χ0) is 18.9. The molecule has 2 bridgehead atoms. The second-order valence-electron chi connectivity index (χ2n) is 8.49. The van der Waals surface area contributed by atoms with Crippen LogP contribution >= 0.6 is 24.8 Å². The van der Waals surface area contributed by atoms with Crippen LogP contribution in [0.1, 0.15) is 36.0 Å². The van der Waals surface area contributed by atoms with Crippen molar-refractivity contribution in [2.45, 2.75) is 37.8 Å². The Labute approximate surface area is 190 Å². The first-order valence-corrected chi connectivity index (χ1v) is 10.6. The van der Waals surface area contributed by atoms with Crippen LogP contribution in [0.5, 0.6) is 0 Å². The van der Waals surface area contributed by atoms with Crippen molar-refractivity contribution in [1.29, 1.82) is 0 Å². The van der Waals surface area contributed by atoms with E-state index in [0.29, 0.717) is 23.6 Å². The molecule has 8 heteroatoms. The number of amides is 1. The third-order valence-electron chi connectivity index (χ3n) is 6.87. The Kier molecular flexibility index (Phi) is 7.80. The van der Waals surface area contributed by atoms with Crippen LogP contribution in [0.4, 0.5) is 0 Å². The molecule has 3 saturated heterocycles. The van der Waals surface area contributed by atoms with Crippen molar-refractivity contribution in [3.05, 3.63) is 48.3 Å². The van der Waals surface area contributed by atoms with E-state index in [1.807, 2.05) is 36.5 Å². The molecular formula is C22H31Cl2N5O. The summed E-state index contributed by atoms with van der Waals surface area (Å²) in [5.41, 5.74) is 1.60. The molecule has 0 saturated carbocycles. The fraction of sp³-hybridized carbons (Fsp3) is 0.545. The number of fused-ring (bicyclic) bond motifs is 4. The highest BCUT2D eigenvalue weighted by Crippen LogP contribution is 2.38. The molecule has 6 nitrogen and oxygen atoms in total. The SMILES string of the molecule is Cl.Cl.O=C(NC[C@H]1[C@@H]2CNC[C@@H](C2)[C@@H]2CCCCN21)c1cccc(-n2cccn2)c1. The monoisotopic (exact) mass is 451 g/mol. The van der Waals surface area contributed by atoms with Crippen molar-refractivity contribution in [3.63, 3.8) is 0 Å². The quantitative estimate of drug-likeness (QED) is 0.749. The van der Waals surface area contributed by atoms with E-state index in [1.54, 1.807) is 10.9 Å². The maximum absolute atomic E-state index is 12.9. The Morgan fingerprint density at radius 1 is 1.17 bits per heavy atom. The summed E-state index contributed by atoms with van der Waals surface area (Å²) < 4.78 is 1.78. The van der Waals surface area contributed by atoms with Crippen LogP contribution in [0.3, 0.4) is 0 Å². The molecule has 4 atom stereocenters. The average Bonchev–Trinajstić information content (AvgIpc) is 3.29. The van der Waals surface area contributed by atoms with Crippen LogP contribution in [0.2, 0.25) is 0 Å². The van der Waals surface area contributed by atoms with Gasteiger partial charge in [0, 0.05) is 36.6 Å². The molecule has 3 fully saturated rings. The molecule has 1 aromatic heterocycles. The van der Waals surface area contributed by atoms with Crippen LogP contribution < -0.4 is 10.6 Å². The first-order valence-electron chi connectivity index (χ1n) is 10.6. The van der Waals surface area contributed by atoms with Gasteiger partial charge in [-0.25, -0.2) is 4.68 Å². The fourth-order valence-electron chi connectivity index (χ4n) is 5.56. The number of nitrogens with one attached hydrogen (secondary N) is 2. The second kappa shape index (κ2) is 10.1. The van der Waals surface area contributed by atoms with Crippen LogP contribution in [-0.4, -0.2) is 58.9 Å². The smallest absolute Gasteiger partial charge is 0.251 e. The first-order chi connectivity index (χ1) is 13.8. The van der Waals surface area contributed by atoms with E-state index in [0.717, 1.165) is 31.2 Å². The molecule has 0 radical (unpaired) electrons. The summed E-state index contributed by atoms with van der Waals surface area (Å²) in [4.78, 5) is 15.6. The Hall–Kier alpha value is -1.60. The van der Waals surface area contributed by atoms with Crippen molar-refractivity contribution in [2.24, 2.45) is 11.8 Å². The molecule has 2 N–H and O–H groups in total. The van der Waals surface area contributed by atoms with Crippen LogP contribution in [-0.2, 0) is 0 Å². The third kappa shape index (κ3) is 4.52. The minimum absolute atomic E-state index is 0. The minimum atomic E-state index is 0. The van der Waals surface area contributed by atoms with Gasteiger partial charge in [-0.3, -0.25) is 9.69 Å². The highest BCUT2D eigenvalue weighted by Gasteiger charge is 2.45. The lowest BCUT2D eigenvalue weighted by Crippen LogP contribution is -2.65. The number of carbonyl (C=O) groups is 1. The normalized spacial score (nSPS) is 27.9. The largest absolute Gasteiger partial charge is 0.350 e. The van der Waals surface area contributed by atoms with E-state index < -0.39 is 0 Å². The predicted octanol–water partition coefficient (Wildman–Crippen LogP) is 2.91. The zero-order valence-corrected chi connectivity index (χ0v) is 18.7. The van der Waals surface area contributed by atoms with Gasteiger partial charge in [0.1, 0.15) is 0 Å². The lowest BCUT2D eigenvalue weighted by atomic mass is 9.73. The Balaban J connectivity index is 0.00000128. The number of hydrogen-bond acceptors (Lipinski definition) is 4. The van der Waals surface area contributed by atoms with Crippen molar-refractivity contribution < 1.29 is 4.79 Å². The van der Waals surface area contributed by atoms with E-state index in [4.69, 9.17) is 0 Å². The fourth-order valence-corrected chi connectivity index (χ4v) is 5.56. The molecule has 30 heavy (non-hydrogen) atoms. The maximum atomic E-state index is 12.9.